The molecule has 0 amide bonds. The monoisotopic (exact) mass is 475 g/mol. The van der Waals surface area contributed by atoms with E-state index in [0.717, 1.165) is 27.8 Å². The van der Waals surface area contributed by atoms with Gasteiger partial charge >= 0.3 is 6.92 Å². The van der Waals surface area contributed by atoms with Crippen molar-refractivity contribution in [2.24, 2.45) is 0 Å². The third-order valence-electron chi connectivity index (χ3n) is 5.01. The summed E-state index contributed by atoms with van der Waals surface area (Å²) in [5.41, 5.74) is 3.96. The number of likely N-dealkylation sites (N-methyl/N-ethyl adjacent to an activating group) is 1. The first-order valence-electron chi connectivity index (χ1n) is 10.1. The van der Waals surface area contributed by atoms with E-state index in [2.05, 4.69) is 5.32 Å². The minimum absolute atomic E-state index is 0.217. The Hall–Kier alpha value is -1.69. The van der Waals surface area contributed by atoms with Gasteiger partial charge in [-0.3, -0.25) is 0 Å². The summed E-state index contributed by atoms with van der Waals surface area (Å²) >= 11 is 18.8. The van der Waals surface area contributed by atoms with Crippen molar-refractivity contribution in [3.63, 3.8) is 0 Å². The molecule has 3 rings (SSSR count). The van der Waals surface area contributed by atoms with Gasteiger partial charge in [0.05, 0.1) is 6.10 Å². The van der Waals surface area contributed by atoms with E-state index >= 15 is 0 Å². The van der Waals surface area contributed by atoms with Crippen LogP contribution in [0.15, 0.2) is 60.7 Å². The molecule has 0 spiro atoms. The molecule has 0 fully saturated rings. The first kappa shape index (κ1) is 24.0. The molecular formula is C24H25BCl3NO2. The Morgan fingerprint density at radius 1 is 0.839 bits per heavy atom. The number of aryl methyl sites for hydroxylation is 2. The highest BCUT2D eigenvalue weighted by Crippen LogP contribution is 2.18. The molecule has 3 nitrogen and oxygen atoms in total. The van der Waals surface area contributed by atoms with Gasteiger partial charge in [-0.1, -0.05) is 59.1 Å². The fourth-order valence-corrected chi connectivity index (χ4v) is 3.68. The highest BCUT2D eigenvalue weighted by molar-refractivity contribution is 6.80. The van der Waals surface area contributed by atoms with Gasteiger partial charge in [0.2, 0.25) is 0 Å². The Bertz CT molecular complexity index is 963. The topological polar surface area (TPSA) is 30.5 Å². The second-order valence-electron chi connectivity index (χ2n) is 7.48. The third kappa shape index (κ3) is 6.65. The first-order valence-corrected chi connectivity index (χ1v) is 11.2. The lowest BCUT2D eigenvalue weighted by molar-refractivity contribution is 0.132. The highest BCUT2D eigenvalue weighted by Gasteiger charge is 2.27. The van der Waals surface area contributed by atoms with Crippen LogP contribution in [-0.2, 0) is 4.65 Å². The van der Waals surface area contributed by atoms with Gasteiger partial charge in [-0.05, 0) is 79.3 Å². The quantitative estimate of drug-likeness (QED) is 0.438. The maximum atomic E-state index is 6.57. The third-order valence-corrected chi connectivity index (χ3v) is 6.07. The van der Waals surface area contributed by atoms with Gasteiger partial charge in [-0.25, -0.2) is 0 Å². The molecule has 3 aromatic carbocycles. The molecule has 162 valence electrons. The number of benzene rings is 3. The predicted molar refractivity (Wildman–Crippen MR) is 133 cm³/mol. The van der Waals surface area contributed by atoms with Crippen molar-refractivity contribution in [1.82, 2.24) is 5.32 Å². The molecule has 3 aromatic rings. The van der Waals surface area contributed by atoms with Crippen LogP contribution < -0.4 is 21.0 Å². The molecule has 1 unspecified atom stereocenters. The summed E-state index contributed by atoms with van der Waals surface area (Å²) in [4.78, 5) is 0. The summed E-state index contributed by atoms with van der Waals surface area (Å²) in [6.45, 7) is 4.60. The molecule has 7 heteroatoms. The molecule has 0 bridgehead atoms. The van der Waals surface area contributed by atoms with Crippen molar-refractivity contribution in [1.29, 1.82) is 0 Å². The van der Waals surface area contributed by atoms with Crippen molar-refractivity contribution >= 4 is 52.6 Å². The van der Waals surface area contributed by atoms with Crippen molar-refractivity contribution in [3.8, 4) is 5.75 Å². The average Bonchev–Trinajstić information content (AvgIpc) is 2.75. The van der Waals surface area contributed by atoms with Crippen LogP contribution in [0.25, 0.3) is 0 Å². The average molecular weight is 477 g/mol. The van der Waals surface area contributed by atoms with Crippen molar-refractivity contribution in [3.05, 3.63) is 86.9 Å². The van der Waals surface area contributed by atoms with Gasteiger partial charge in [0.1, 0.15) is 12.4 Å². The molecule has 31 heavy (non-hydrogen) atoms. The summed E-state index contributed by atoms with van der Waals surface area (Å²) in [5, 5.41) is 5.26. The SMILES string of the molecule is CNCC(COc1ccc(Cl)cc1)OB(c1ccc(C)c(Cl)c1)c1ccc(C)c(Cl)c1. The first-order chi connectivity index (χ1) is 14.9. The van der Waals surface area contributed by atoms with Crippen LogP contribution in [0.4, 0.5) is 0 Å². The minimum Gasteiger partial charge on any atom is -0.491 e. The number of rotatable bonds is 9. The molecule has 0 aliphatic heterocycles. The second-order valence-corrected chi connectivity index (χ2v) is 8.73. The maximum Gasteiger partial charge on any atom is 0.362 e. The summed E-state index contributed by atoms with van der Waals surface area (Å²) in [6, 6.07) is 19.3. The van der Waals surface area contributed by atoms with Crippen LogP contribution >= 0.6 is 34.8 Å². The lowest BCUT2D eigenvalue weighted by atomic mass is 9.55. The molecule has 1 N–H and O–H groups in total. The van der Waals surface area contributed by atoms with E-state index < -0.39 is 0 Å². The van der Waals surface area contributed by atoms with Crippen molar-refractivity contribution < 1.29 is 9.39 Å². The predicted octanol–water partition coefficient (Wildman–Crippen LogP) is 5.05. The zero-order chi connectivity index (χ0) is 22.4. The summed E-state index contributed by atoms with van der Waals surface area (Å²) < 4.78 is 12.5. The molecule has 1 atom stereocenters. The van der Waals surface area contributed by atoms with E-state index in [1.807, 2.05) is 69.4 Å². The van der Waals surface area contributed by atoms with E-state index in [1.54, 1.807) is 12.1 Å². The Labute approximate surface area is 199 Å². The largest absolute Gasteiger partial charge is 0.491 e. The van der Waals surface area contributed by atoms with Crippen LogP contribution in [0.5, 0.6) is 5.75 Å². The summed E-state index contributed by atoms with van der Waals surface area (Å²) in [7, 11) is 1.89. The number of halogens is 3. The van der Waals surface area contributed by atoms with Crippen LogP contribution in [0, 0.1) is 13.8 Å². The van der Waals surface area contributed by atoms with Crippen molar-refractivity contribution in [2.45, 2.75) is 20.0 Å². The van der Waals surface area contributed by atoms with Crippen LogP contribution in [0.2, 0.25) is 15.1 Å². The van der Waals surface area contributed by atoms with E-state index in [4.69, 9.17) is 44.2 Å². The number of hydrogen-bond acceptors (Lipinski definition) is 3. The van der Waals surface area contributed by atoms with Crippen molar-refractivity contribution in [2.75, 3.05) is 20.2 Å². The van der Waals surface area contributed by atoms with Gasteiger partial charge in [-0.2, -0.15) is 0 Å². The number of hydrogen-bond donors (Lipinski definition) is 1. The van der Waals surface area contributed by atoms with E-state index in [-0.39, 0.29) is 13.0 Å². The van der Waals surface area contributed by atoms with Gasteiger partial charge in [0.15, 0.2) is 0 Å². The molecule has 0 aromatic heterocycles. The standard InChI is InChI=1S/C24H25BCl3NO2/c1-16-4-6-18(12-23(16)27)25(19-7-5-17(2)24(28)13-19)31-22(14-29-3)15-30-21-10-8-20(26)9-11-21/h4-13,22,29H,14-15H2,1-3H3. The Morgan fingerprint density at radius 3 is 1.87 bits per heavy atom. The van der Waals surface area contributed by atoms with Gasteiger partial charge in [0.25, 0.3) is 0 Å². The lowest BCUT2D eigenvalue weighted by Crippen LogP contribution is -2.50. The highest BCUT2D eigenvalue weighted by atomic mass is 35.5. The molecule has 0 saturated heterocycles. The van der Waals surface area contributed by atoms with Gasteiger partial charge in [0, 0.05) is 21.6 Å². The zero-order valence-electron chi connectivity index (χ0n) is 17.8. The van der Waals surface area contributed by atoms with E-state index in [9.17, 15) is 0 Å². The van der Waals surface area contributed by atoms with Crippen LogP contribution in [0.1, 0.15) is 11.1 Å². The van der Waals surface area contributed by atoms with Crippen LogP contribution in [-0.4, -0.2) is 33.2 Å². The lowest BCUT2D eigenvalue weighted by Gasteiger charge is -2.24. The normalized spacial score (nSPS) is 11.9. The Morgan fingerprint density at radius 2 is 1.39 bits per heavy atom. The second kappa shape index (κ2) is 11.3. The summed E-state index contributed by atoms with van der Waals surface area (Å²) in [5.74, 6) is 0.738. The molecule has 0 radical (unpaired) electrons. The minimum atomic E-state index is -0.344. The van der Waals surface area contributed by atoms with Gasteiger partial charge in [-0.15, -0.1) is 0 Å². The van der Waals surface area contributed by atoms with E-state index in [1.165, 1.54) is 0 Å². The molecule has 0 aliphatic rings. The summed E-state index contributed by atoms with van der Waals surface area (Å²) in [6.07, 6.45) is -0.217. The zero-order valence-corrected chi connectivity index (χ0v) is 20.1. The fourth-order valence-electron chi connectivity index (χ4n) is 3.18. The Kier molecular flexibility index (Phi) is 8.71. The molecular weight excluding hydrogens is 451 g/mol. The van der Waals surface area contributed by atoms with E-state index in [0.29, 0.717) is 28.2 Å². The smallest absolute Gasteiger partial charge is 0.362 e. The molecule has 0 saturated carbocycles. The molecule has 0 aliphatic carbocycles. The number of nitrogens with one attached hydrogen (secondary N) is 1. The maximum absolute atomic E-state index is 6.57. The number of ether oxygens (including phenoxy) is 1. The molecule has 0 heterocycles. The van der Waals surface area contributed by atoms with Gasteiger partial charge < -0.3 is 14.7 Å². The Balaban J connectivity index is 1.87. The van der Waals surface area contributed by atoms with Crippen LogP contribution in [0.3, 0.4) is 0 Å². The fraction of sp³-hybridized carbons (Fsp3) is 0.250.